The summed E-state index contributed by atoms with van der Waals surface area (Å²) in [5, 5.41) is 12.9. The Balaban J connectivity index is 0.00000180. The zero-order chi connectivity index (χ0) is 17.5. The van der Waals surface area contributed by atoms with E-state index in [4.69, 9.17) is 16.6 Å². The first-order chi connectivity index (χ1) is 12.8. The molecule has 7 nitrogen and oxygen atoms in total. The van der Waals surface area contributed by atoms with E-state index in [2.05, 4.69) is 31.2 Å². The number of hydrogen-bond acceptors (Lipinski definition) is 5. The number of fused-ring (bicyclic) bond motifs is 2. The molecule has 0 bridgehead atoms. The minimum atomic E-state index is 0. The lowest BCUT2D eigenvalue weighted by atomic mass is 9.95. The van der Waals surface area contributed by atoms with Crippen molar-refractivity contribution in [3.63, 3.8) is 0 Å². The lowest BCUT2D eigenvalue weighted by Crippen LogP contribution is -2.34. The Hall–Kier alpha value is -1.67. The summed E-state index contributed by atoms with van der Waals surface area (Å²) >= 11 is 6.06. The second-order valence-electron chi connectivity index (χ2n) is 7.20. The van der Waals surface area contributed by atoms with Crippen molar-refractivity contribution in [2.24, 2.45) is 0 Å². The van der Waals surface area contributed by atoms with E-state index in [0.29, 0.717) is 5.92 Å². The molecule has 0 aromatic carbocycles. The van der Waals surface area contributed by atoms with E-state index >= 15 is 0 Å². The highest BCUT2D eigenvalue weighted by atomic mass is 35.5. The summed E-state index contributed by atoms with van der Waals surface area (Å²) < 4.78 is 4.32. The van der Waals surface area contributed by atoms with Gasteiger partial charge in [-0.15, -0.1) is 22.6 Å². The van der Waals surface area contributed by atoms with Crippen LogP contribution in [0, 0.1) is 0 Å². The third kappa shape index (κ3) is 3.69. The van der Waals surface area contributed by atoms with E-state index < -0.39 is 0 Å². The van der Waals surface area contributed by atoms with Crippen molar-refractivity contribution in [2.75, 3.05) is 19.6 Å². The predicted octanol–water partition coefficient (Wildman–Crippen LogP) is 2.48. The molecule has 3 aromatic heterocycles. The van der Waals surface area contributed by atoms with Crippen molar-refractivity contribution >= 4 is 29.7 Å². The number of aromatic nitrogens is 5. The third-order valence-corrected chi connectivity index (χ3v) is 5.68. The van der Waals surface area contributed by atoms with E-state index in [9.17, 15) is 0 Å². The molecule has 1 fully saturated rings. The van der Waals surface area contributed by atoms with Crippen molar-refractivity contribution in [3.8, 4) is 0 Å². The van der Waals surface area contributed by atoms with Crippen LogP contribution in [0.1, 0.15) is 36.1 Å². The van der Waals surface area contributed by atoms with E-state index in [-0.39, 0.29) is 12.4 Å². The number of likely N-dealkylation sites (tertiary alicyclic amines) is 1. The molecule has 0 unspecified atom stereocenters. The maximum atomic E-state index is 6.06. The Morgan fingerprint density at radius 3 is 2.81 bits per heavy atom. The smallest absolute Gasteiger partial charge is 0.147 e. The number of rotatable bonds is 3. The monoisotopic (exact) mass is 407 g/mol. The van der Waals surface area contributed by atoms with Crippen molar-refractivity contribution in [1.29, 1.82) is 0 Å². The number of nitrogens with zero attached hydrogens (tertiary/aromatic N) is 6. The normalized spacial score (nSPS) is 18.4. The van der Waals surface area contributed by atoms with Crippen molar-refractivity contribution in [2.45, 2.75) is 38.4 Å². The van der Waals surface area contributed by atoms with Gasteiger partial charge in [0, 0.05) is 37.9 Å². The Bertz CT molecular complexity index is 927. The van der Waals surface area contributed by atoms with Crippen LogP contribution in [-0.4, -0.2) is 48.7 Å². The molecular weight excluding hydrogens is 385 g/mol. The van der Waals surface area contributed by atoms with Gasteiger partial charge >= 0.3 is 0 Å². The zero-order valence-corrected chi connectivity index (χ0v) is 16.6. The van der Waals surface area contributed by atoms with Crippen molar-refractivity contribution in [3.05, 3.63) is 46.9 Å². The second kappa shape index (κ2) is 7.75. The fraction of sp³-hybridized carbons (Fsp3) is 0.500. The van der Waals surface area contributed by atoms with Crippen molar-refractivity contribution < 1.29 is 0 Å². The average molecular weight is 408 g/mol. The van der Waals surface area contributed by atoms with E-state index in [1.165, 1.54) is 5.82 Å². The summed E-state index contributed by atoms with van der Waals surface area (Å²) in [6, 6.07) is 3.84. The molecular formula is C18H23Cl2N7. The molecule has 1 saturated heterocycles. The van der Waals surface area contributed by atoms with Crippen LogP contribution in [0.4, 0.5) is 0 Å². The molecule has 5 rings (SSSR count). The van der Waals surface area contributed by atoms with Gasteiger partial charge in [0.25, 0.3) is 0 Å². The average Bonchev–Trinajstić information content (AvgIpc) is 3.25. The van der Waals surface area contributed by atoms with Gasteiger partial charge in [0.05, 0.1) is 17.3 Å². The first-order valence-electron chi connectivity index (χ1n) is 9.24. The maximum Gasteiger partial charge on any atom is 0.147 e. The first kappa shape index (κ1) is 18.7. The fourth-order valence-electron chi connectivity index (χ4n) is 4.09. The Labute approximate surface area is 169 Å². The minimum absolute atomic E-state index is 0. The molecule has 3 aromatic rings. The largest absolute Gasteiger partial charge is 0.312 e. The number of halogens is 2. The summed E-state index contributed by atoms with van der Waals surface area (Å²) in [5.74, 6) is 2.78. The molecule has 0 amide bonds. The summed E-state index contributed by atoms with van der Waals surface area (Å²) in [6.45, 7) is 5.85. The second-order valence-corrected chi connectivity index (χ2v) is 7.63. The Morgan fingerprint density at radius 2 is 1.96 bits per heavy atom. The lowest BCUT2D eigenvalue weighted by molar-refractivity contribution is 0.198. The molecule has 27 heavy (non-hydrogen) atoms. The number of nitrogens with one attached hydrogen (secondary N) is 1. The van der Waals surface area contributed by atoms with Gasteiger partial charge in [-0.2, -0.15) is 0 Å². The third-order valence-electron chi connectivity index (χ3n) is 5.45. The van der Waals surface area contributed by atoms with E-state index in [1.807, 2.05) is 22.7 Å². The number of piperidine rings is 1. The highest BCUT2D eigenvalue weighted by Gasteiger charge is 2.27. The van der Waals surface area contributed by atoms with E-state index in [0.717, 1.165) is 74.3 Å². The standard InChI is InChI=1S/C18H22ClN7.ClH/c19-14-1-2-16-21-15(12-25(16)10-14)11-24-6-3-13(4-7-24)18-23-22-17-9-20-5-8-26(17)18;/h1-2,10,12-13,20H,3-9,11H2;1H. The number of imidazole rings is 1. The molecule has 0 atom stereocenters. The first-order valence-corrected chi connectivity index (χ1v) is 9.62. The van der Waals surface area contributed by atoms with Crippen LogP contribution in [0.15, 0.2) is 24.5 Å². The van der Waals surface area contributed by atoms with Gasteiger partial charge in [-0.1, -0.05) is 11.6 Å². The molecule has 0 radical (unpaired) electrons. The van der Waals surface area contributed by atoms with Crippen LogP contribution < -0.4 is 5.32 Å². The van der Waals surface area contributed by atoms with Gasteiger partial charge in [-0.3, -0.25) is 4.90 Å². The van der Waals surface area contributed by atoms with Crippen LogP contribution in [0.25, 0.3) is 5.65 Å². The summed E-state index contributed by atoms with van der Waals surface area (Å²) in [7, 11) is 0. The van der Waals surface area contributed by atoms with Gasteiger partial charge in [-0.25, -0.2) is 4.98 Å². The molecule has 1 N–H and O–H groups in total. The Morgan fingerprint density at radius 1 is 1.11 bits per heavy atom. The lowest BCUT2D eigenvalue weighted by Gasteiger charge is -2.31. The summed E-state index contributed by atoms with van der Waals surface area (Å²) in [4.78, 5) is 7.18. The highest BCUT2D eigenvalue weighted by molar-refractivity contribution is 6.30. The maximum absolute atomic E-state index is 6.06. The molecule has 9 heteroatoms. The minimum Gasteiger partial charge on any atom is -0.312 e. The van der Waals surface area contributed by atoms with Gasteiger partial charge < -0.3 is 14.3 Å². The molecule has 0 aliphatic carbocycles. The van der Waals surface area contributed by atoms with Gasteiger partial charge in [0.15, 0.2) is 0 Å². The van der Waals surface area contributed by atoms with Gasteiger partial charge in [-0.05, 0) is 38.1 Å². The molecule has 144 valence electrons. The van der Waals surface area contributed by atoms with Crippen LogP contribution in [0.2, 0.25) is 5.02 Å². The quantitative estimate of drug-likeness (QED) is 0.722. The molecule has 0 spiro atoms. The summed E-state index contributed by atoms with van der Waals surface area (Å²) in [5.41, 5.74) is 2.04. The van der Waals surface area contributed by atoms with Crippen LogP contribution in [0.5, 0.6) is 0 Å². The summed E-state index contributed by atoms with van der Waals surface area (Å²) in [6.07, 6.45) is 6.24. The number of pyridine rings is 1. The zero-order valence-electron chi connectivity index (χ0n) is 15.0. The van der Waals surface area contributed by atoms with Crippen LogP contribution >= 0.6 is 24.0 Å². The number of hydrogen-bond donors (Lipinski definition) is 1. The molecule has 2 aliphatic heterocycles. The Kier molecular flexibility index (Phi) is 5.36. The van der Waals surface area contributed by atoms with E-state index in [1.54, 1.807) is 0 Å². The highest BCUT2D eigenvalue weighted by Crippen LogP contribution is 2.28. The SMILES string of the molecule is Cl.Clc1ccc2nc(CN3CCC(c4nnc5n4CCNC5)CC3)cn2c1. The molecule has 5 heterocycles. The topological polar surface area (TPSA) is 63.3 Å². The molecule has 2 aliphatic rings. The molecule has 0 saturated carbocycles. The van der Waals surface area contributed by atoms with Crippen LogP contribution in [-0.2, 0) is 19.6 Å². The fourth-order valence-corrected chi connectivity index (χ4v) is 4.26. The van der Waals surface area contributed by atoms with Crippen LogP contribution in [0.3, 0.4) is 0 Å². The predicted molar refractivity (Wildman–Crippen MR) is 106 cm³/mol. The van der Waals surface area contributed by atoms with Gasteiger partial charge in [0.2, 0.25) is 0 Å². The van der Waals surface area contributed by atoms with Crippen molar-refractivity contribution in [1.82, 2.24) is 34.4 Å². The van der Waals surface area contributed by atoms with Gasteiger partial charge in [0.1, 0.15) is 17.3 Å².